The number of ether oxygens (including phenoxy) is 1. The fraction of sp³-hybridized carbons (Fsp3) is 0.286. The van der Waals surface area contributed by atoms with Crippen LogP contribution in [0.3, 0.4) is 0 Å². The zero-order valence-electron chi connectivity index (χ0n) is 20.4. The number of anilines is 1. The normalized spacial score (nSPS) is 18.6. The number of carbonyl (C=O) groups is 2. The quantitative estimate of drug-likeness (QED) is 0.452. The zero-order chi connectivity index (χ0) is 25.4. The van der Waals surface area contributed by atoms with Crippen LogP contribution in [0.5, 0.6) is 0 Å². The maximum Gasteiger partial charge on any atom is 0.356 e. The fourth-order valence-electron chi connectivity index (χ4n) is 4.93. The third-order valence-corrected chi connectivity index (χ3v) is 6.50. The summed E-state index contributed by atoms with van der Waals surface area (Å²) < 4.78 is 18.8. The van der Waals surface area contributed by atoms with Crippen LogP contribution in [0.15, 0.2) is 59.9 Å². The maximum absolute atomic E-state index is 13.6. The maximum atomic E-state index is 13.6. The number of ketones is 1. The average molecular weight is 487 g/mol. The van der Waals surface area contributed by atoms with Gasteiger partial charge in [0.25, 0.3) is 0 Å². The molecule has 1 unspecified atom stereocenters. The lowest BCUT2D eigenvalue weighted by Gasteiger charge is -2.37. The number of rotatable bonds is 5. The first-order valence-corrected chi connectivity index (χ1v) is 11.9. The highest BCUT2D eigenvalue weighted by molar-refractivity contribution is 6.03. The van der Waals surface area contributed by atoms with Crippen molar-refractivity contribution in [2.75, 3.05) is 11.9 Å². The number of benzene rings is 1. The summed E-state index contributed by atoms with van der Waals surface area (Å²) in [7, 11) is 0. The number of Topliss-reactive ketones (excluding diaryl/α,β-unsaturated/α-hetero) is 1. The molecule has 0 amide bonds. The number of fused-ring (bicyclic) bond motifs is 1. The molecule has 2 aromatic heterocycles. The van der Waals surface area contributed by atoms with Gasteiger partial charge in [0.05, 0.1) is 12.3 Å². The summed E-state index contributed by atoms with van der Waals surface area (Å²) in [4.78, 5) is 30.5. The second kappa shape index (κ2) is 9.18. The van der Waals surface area contributed by atoms with Gasteiger partial charge in [-0.2, -0.15) is 5.10 Å². The van der Waals surface area contributed by atoms with Crippen LogP contribution in [0.4, 0.5) is 10.2 Å². The van der Waals surface area contributed by atoms with Crippen molar-refractivity contribution >= 4 is 23.6 Å². The molecule has 2 N–H and O–H groups in total. The lowest BCUT2D eigenvalue weighted by Crippen LogP contribution is -2.33. The number of H-pyrrole nitrogens is 1. The molecule has 3 aromatic rings. The second-order valence-corrected chi connectivity index (χ2v) is 9.86. The predicted octanol–water partition coefficient (Wildman–Crippen LogP) is 5.65. The highest BCUT2D eigenvalue weighted by atomic mass is 19.1. The Balaban J connectivity index is 1.52. The van der Waals surface area contributed by atoms with Gasteiger partial charge >= 0.3 is 5.97 Å². The molecule has 2 aliphatic rings. The Hall–Kier alpha value is -4.07. The highest BCUT2D eigenvalue weighted by Gasteiger charge is 2.42. The molecule has 1 atom stereocenters. The van der Waals surface area contributed by atoms with Crippen LogP contribution in [0.2, 0.25) is 0 Å². The summed E-state index contributed by atoms with van der Waals surface area (Å²) in [6.45, 7) is 6.09. The van der Waals surface area contributed by atoms with Gasteiger partial charge in [-0.3, -0.25) is 14.9 Å². The van der Waals surface area contributed by atoms with E-state index >= 15 is 0 Å². The van der Waals surface area contributed by atoms with Crippen LogP contribution in [-0.2, 0) is 9.53 Å². The molecule has 0 spiro atoms. The van der Waals surface area contributed by atoms with E-state index in [0.717, 1.165) is 16.8 Å². The van der Waals surface area contributed by atoms with E-state index in [0.29, 0.717) is 35.5 Å². The number of esters is 1. The third-order valence-electron chi connectivity index (χ3n) is 6.50. The third kappa shape index (κ3) is 4.46. The van der Waals surface area contributed by atoms with Crippen LogP contribution in [0.1, 0.15) is 61.3 Å². The van der Waals surface area contributed by atoms with Crippen molar-refractivity contribution in [1.82, 2.24) is 15.2 Å². The van der Waals surface area contributed by atoms with Crippen molar-refractivity contribution in [3.8, 4) is 11.1 Å². The molecule has 8 heteroatoms. The Morgan fingerprint density at radius 2 is 2.06 bits per heavy atom. The SMILES string of the molecule is CCOC(=O)c1[nH]nc2c1C(C=Cc1ccc(-c3cccc(F)c3)cn1)C1=C(CC(C)(C)CC1=O)N2. The lowest BCUT2D eigenvalue weighted by atomic mass is 9.70. The molecule has 184 valence electrons. The number of hydrogen-bond donors (Lipinski definition) is 2. The molecule has 36 heavy (non-hydrogen) atoms. The Morgan fingerprint density at radius 3 is 2.78 bits per heavy atom. The van der Waals surface area contributed by atoms with Crippen molar-refractivity contribution in [2.24, 2.45) is 5.41 Å². The summed E-state index contributed by atoms with van der Waals surface area (Å²) >= 11 is 0. The molecular formula is C28H27FN4O3. The summed E-state index contributed by atoms with van der Waals surface area (Å²) in [6.07, 6.45) is 6.51. The minimum atomic E-state index is -0.517. The average Bonchev–Trinajstić information content (AvgIpc) is 3.25. The Kier molecular flexibility index (Phi) is 6.04. The van der Waals surface area contributed by atoms with Crippen LogP contribution < -0.4 is 5.32 Å². The molecule has 5 rings (SSSR count). The van der Waals surface area contributed by atoms with E-state index in [-0.39, 0.29) is 29.3 Å². The number of hydrogen-bond acceptors (Lipinski definition) is 6. The number of pyridine rings is 1. The number of carbonyl (C=O) groups excluding carboxylic acids is 2. The van der Waals surface area contributed by atoms with Crippen molar-refractivity contribution in [1.29, 1.82) is 0 Å². The molecule has 1 aliphatic carbocycles. The van der Waals surface area contributed by atoms with Gasteiger partial charge in [0.1, 0.15) is 11.5 Å². The van der Waals surface area contributed by atoms with Crippen molar-refractivity contribution in [2.45, 2.75) is 39.5 Å². The molecule has 0 radical (unpaired) electrons. The number of nitrogens with one attached hydrogen (secondary N) is 2. The lowest BCUT2D eigenvalue weighted by molar-refractivity contribution is -0.118. The van der Waals surface area contributed by atoms with Gasteiger partial charge in [-0.05, 0) is 48.6 Å². The number of aromatic nitrogens is 3. The first-order chi connectivity index (χ1) is 17.3. The van der Waals surface area contributed by atoms with Gasteiger partial charge in [0, 0.05) is 40.9 Å². The monoisotopic (exact) mass is 486 g/mol. The van der Waals surface area contributed by atoms with Gasteiger partial charge in [-0.25, -0.2) is 9.18 Å². The van der Waals surface area contributed by atoms with Crippen LogP contribution in [-0.4, -0.2) is 33.5 Å². The van der Waals surface area contributed by atoms with E-state index in [2.05, 4.69) is 34.3 Å². The van der Waals surface area contributed by atoms with Gasteiger partial charge < -0.3 is 10.1 Å². The molecule has 1 aromatic carbocycles. The Labute approximate surface area is 208 Å². The summed E-state index contributed by atoms with van der Waals surface area (Å²) in [5, 5.41) is 10.4. The number of aromatic amines is 1. The number of halogens is 1. The van der Waals surface area contributed by atoms with E-state index in [1.165, 1.54) is 12.1 Å². The van der Waals surface area contributed by atoms with E-state index in [1.54, 1.807) is 19.2 Å². The fourth-order valence-corrected chi connectivity index (χ4v) is 4.93. The van der Waals surface area contributed by atoms with Crippen molar-refractivity contribution < 1.29 is 18.7 Å². The molecule has 0 saturated heterocycles. The molecule has 7 nitrogen and oxygen atoms in total. The Morgan fingerprint density at radius 1 is 1.22 bits per heavy atom. The highest BCUT2D eigenvalue weighted by Crippen LogP contribution is 2.47. The smallest absolute Gasteiger partial charge is 0.356 e. The topological polar surface area (TPSA) is 97.0 Å². The van der Waals surface area contributed by atoms with Gasteiger partial charge in [0.2, 0.25) is 0 Å². The largest absolute Gasteiger partial charge is 0.461 e. The molecular weight excluding hydrogens is 459 g/mol. The first-order valence-electron chi connectivity index (χ1n) is 11.9. The van der Waals surface area contributed by atoms with E-state index in [1.807, 2.05) is 30.4 Å². The zero-order valence-corrected chi connectivity index (χ0v) is 20.4. The standard InChI is InChI=1S/C28H27FN4O3/c1-4-36-27(35)25-24-20(23-21(31-26(24)33-32-25)13-28(2,3)14-22(23)34)11-10-19-9-8-17(15-30-19)16-6-5-7-18(29)12-16/h5-12,15,20H,4,13-14H2,1-3H3,(H2,31,32,33). The Bertz CT molecular complexity index is 1400. The first kappa shape index (κ1) is 23.7. The second-order valence-electron chi connectivity index (χ2n) is 9.86. The molecule has 1 aliphatic heterocycles. The number of allylic oxidation sites excluding steroid dienone is 3. The summed E-state index contributed by atoms with van der Waals surface area (Å²) in [6, 6.07) is 10.1. The van der Waals surface area contributed by atoms with E-state index in [4.69, 9.17) is 4.74 Å². The van der Waals surface area contributed by atoms with Crippen LogP contribution in [0.25, 0.3) is 17.2 Å². The minimum Gasteiger partial charge on any atom is -0.461 e. The van der Waals surface area contributed by atoms with Crippen LogP contribution >= 0.6 is 0 Å². The molecule has 3 heterocycles. The van der Waals surface area contributed by atoms with Crippen molar-refractivity contribution in [3.05, 3.63) is 82.7 Å². The minimum absolute atomic E-state index is 0.0412. The van der Waals surface area contributed by atoms with Gasteiger partial charge in [-0.15, -0.1) is 0 Å². The molecule has 0 fully saturated rings. The van der Waals surface area contributed by atoms with E-state index < -0.39 is 11.9 Å². The van der Waals surface area contributed by atoms with Crippen LogP contribution in [0, 0.1) is 11.2 Å². The van der Waals surface area contributed by atoms with E-state index in [9.17, 15) is 14.0 Å². The predicted molar refractivity (Wildman–Crippen MR) is 135 cm³/mol. The molecule has 0 bridgehead atoms. The van der Waals surface area contributed by atoms with Crippen molar-refractivity contribution in [3.63, 3.8) is 0 Å². The van der Waals surface area contributed by atoms with Gasteiger partial charge in [0.15, 0.2) is 11.6 Å². The molecule has 0 saturated carbocycles. The number of nitrogens with zero attached hydrogens (tertiary/aromatic N) is 2. The van der Waals surface area contributed by atoms with Gasteiger partial charge in [-0.1, -0.05) is 38.1 Å². The summed E-state index contributed by atoms with van der Waals surface area (Å²) in [5.74, 6) is -0.745. The summed E-state index contributed by atoms with van der Waals surface area (Å²) in [5.41, 5.74) is 4.32.